The zero-order valence-corrected chi connectivity index (χ0v) is 18.5. The largest absolute Gasteiger partial charge is 0.449 e. The predicted octanol–water partition coefficient (Wildman–Crippen LogP) is 5.32. The Bertz CT molecular complexity index is 1200. The quantitative estimate of drug-likeness (QED) is 0.524. The van der Waals surface area contributed by atoms with Gasteiger partial charge in [-0.1, -0.05) is 49.4 Å². The maximum atomic E-state index is 14.3. The highest BCUT2D eigenvalue weighted by Gasteiger charge is 2.30. The molecule has 3 aromatic rings. The van der Waals surface area contributed by atoms with Crippen molar-refractivity contribution in [1.29, 1.82) is 0 Å². The third-order valence-corrected chi connectivity index (χ3v) is 5.58. The summed E-state index contributed by atoms with van der Waals surface area (Å²) in [5.41, 5.74) is 2.25. The number of benzene rings is 3. The van der Waals surface area contributed by atoms with Crippen molar-refractivity contribution in [3.63, 3.8) is 0 Å². The van der Waals surface area contributed by atoms with Crippen LogP contribution in [0, 0.1) is 5.82 Å². The highest BCUT2D eigenvalue weighted by atomic mass is 19.1. The number of hydrogen-bond acceptors (Lipinski definition) is 3. The van der Waals surface area contributed by atoms with E-state index in [1.807, 2.05) is 26.0 Å². The van der Waals surface area contributed by atoms with E-state index in [9.17, 15) is 14.0 Å². The monoisotopic (exact) mass is 444 g/mol. The minimum atomic E-state index is -0.369. The molecule has 1 heterocycles. The first-order valence-electron chi connectivity index (χ1n) is 10.9. The molecule has 168 valence electrons. The summed E-state index contributed by atoms with van der Waals surface area (Å²) in [6, 6.07) is 20.6. The number of halogens is 1. The van der Waals surface area contributed by atoms with Gasteiger partial charge >= 0.3 is 0 Å². The first kappa shape index (κ1) is 22.3. The van der Waals surface area contributed by atoms with Crippen LogP contribution in [-0.4, -0.2) is 17.9 Å². The van der Waals surface area contributed by atoms with Gasteiger partial charge in [0.15, 0.2) is 11.5 Å². The van der Waals surface area contributed by atoms with E-state index in [-0.39, 0.29) is 36.0 Å². The number of nitrogens with zero attached hydrogens (tertiary/aromatic N) is 1. The van der Waals surface area contributed by atoms with Gasteiger partial charge in [-0.2, -0.15) is 0 Å². The number of carbonyl (C=O) groups is 2. The standard InChI is InChI=1S/C27H25FN2O3/c1-3-18(2)29-26(31)20-14-12-19(13-15-20)16-25-27(32)30(17-21-8-4-5-9-22(21)28)23-10-6-7-11-24(23)33-25/h4-16,18H,3,17H2,1-2H3,(H,29,31)/b25-16-. The summed E-state index contributed by atoms with van der Waals surface area (Å²) in [7, 11) is 0. The molecule has 0 bridgehead atoms. The zero-order chi connectivity index (χ0) is 23.4. The first-order chi connectivity index (χ1) is 16.0. The van der Waals surface area contributed by atoms with Gasteiger partial charge in [-0.05, 0) is 55.3 Å². The number of para-hydroxylation sites is 2. The second kappa shape index (κ2) is 9.69. The third-order valence-electron chi connectivity index (χ3n) is 5.58. The molecular weight excluding hydrogens is 419 g/mol. The Kier molecular flexibility index (Phi) is 6.54. The van der Waals surface area contributed by atoms with E-state index in [1.165, 1.54) is 11.0 Å². The van der Waals surface area contributed by atoms with Gasteiger partial charge in [0.05, 0.1) is 12.2 Å². The van der Waals surface area contributed by atoms with E-state index < -0.39 is 0 Å². The fourth-order valence-corrected chi connectivity index (χ4v) is 3.51. The Balaban J connectivity index is 1.61. The fraction of sp³-hybridized carbons (Fsp3) is 0.185. The smallest absolute Gasteiger partial charge is 0.294 e. The van der Waals surface area contributed by atoms with Crippen LogP contribution in [-0.2, 0) is 11.3 Å². The van der Waals surface area contributed by atoms with Crippen LogP contribution in [0.3, 0.4) is 0 Å². The molecule has 5 nitrogen and oxygen atoms in total. The van der Waals surface area contributed by atoms with Gasteiger partial charge in [-0.25, -0.2) is 4.39 Å². The number of fused-ring (bicyclic) bond motifs is 1. The minimum absolute atomic E-state index is 0.0813. The van der Waals surface area contributed by atoms with Crippen LogP contribution < -0.4 is 15.0 Å². The highest BCUT2D eigenvalue weighted by Crippen LogP contribution is 2.36. The maximum absolute atomic E-state index is 14.3. The number of nitrogens with one attached hydrogen (secondary N) is 1. The third kappa shape index (κ3) is 4.95. The van der Waals surface area contributed by atoms with Crippen molar-refractivity contribution in [3.8, 4) is 5.75 Å². The lowest BCUT2D eigenvalue weighted by atomic mass is 10.1. The molecule has 0 aromatic heterocycles. The molecule has 0 radical (unpaired) electrons. The van der Waals surface area contributed by atoms with Crippen LogP contribution in [0.5, 0.6) is 5.75 Å². The molecule has 0 spiro atoms. The van der Waals surface area contributed by atoms with Crippen LogP contribution in [0.15, 0.2) is 78.6 Å². The SMILES string of the molecule is CCC(C)NC(=O)c1ccc(/C=C2\Oc3ccccc3N(Cc3ccccc3F)C2=O)cc1. The molecule has 6 heteroatoms. The molecule has 33 heavy (non-hydrogen) atoms. The average molecular weight is 445 g/mol. The van der Waals surface area contributed by atoms with Crippen LogP contribution in [0.25, 0.3) is 6.08 Å². The molecule has 1 unspecified atom stereocenters. The molecule has 1 atom stereocenters. The van der Waals surface area contributed by atoms with Crippen molar-refractivity contribution in [2.24, 2.45) is 0 Å². The van der Waals surface area contributed by atoms with Gasteiger partial charge in [0.25, 0.3) is 11.8 Å². The molecule has 1 N–H and O–H groups in total. The van der Waals surface area contributed by atoms with E-state index in [4.69, 9.17) is 4.74 Å². The summed E-state index contributed by atoms with van der Waals surface area (Å²) >= 11 is 0. The number of rotatable bonds is 6. The van der Waals surface area contributed by atoms with E-state index in [1.54, 1.807) is 60.7 Å². The molecule has 0 aliphatic carbocycles. The van der Waals surface area contributed by atoms with Crippen molar-refractivity contribution in [1.82, 2.24) is 5.32 Å². The van der Waals surface area contributed by atoms with E-state index >= 15 is 0 Å². The van der Waals surface area contributed by atoms with Crippen LogP contribution in [0.2, 0.25) is 0 Å². The van der Waals surface area contributed by atoms with E-state index in [0.717, 1.165) is 6.42 Å². The summed E-state index contributed by atoms with van der Waals surface area (Å²) in [6.45, 7) is 4.04. The lowest BCUT2D eigenvalue weighted by molar-refractivity contribution is -0.117. The van der Waals surface area contributed by atoms with E-state index in [0.29, 0.717) is 28.1 Å². The lowest BCUT2D eigenvalue weighted by Crippen LogP contribution is -2.37. The van der Waals surface area contributed by atoms with Crippen molar-refractivity contribution in [2.75, 3.05) is 4.90 Å². The first-order valence-corrected chi connectivity index (χ1v) is 10.9. The van der Waals surface area contributed by atoms with Gasteiger partial charge in [0, 0.05) is 17.2 Å². The normalized spacial score (nSPS) is 15.1. The summed E-state index contributed by atoms with van der Waals surface area (Å²) in [5, 5.41) is 2.93. The average Bonchev–Trinajstić information content (AvgIpc) is 2.83. The number of carbonyl (C=O) groups excluding carboxylic acids is 2. The Hall–Kier alpha value is -3.93. The summed E-state index contributed by atoms with van der Waals surface area (Å²) in [6.07, 6.45) is 2.48. The summed E-state index contributed by atoms with van der Waals surface area (Å²) in [5.74, 6) is -0.230. The molecule has 0 saturated carbocycles. The molecule has 1 aliphatic rings. The number of hydrogen-bond donors (Lipinski definition) is 1. The molecule has 1 aliphatic heterocycles. The Morgan fingerprint density at radius 2 is 1.76 bits per heavy atom. The van der Waals surface area contributed by atoms with E-state index in [2.05, 4.69) is 5.32 Å². The van der Waals surface area contributed by atoms with Crippen molar-refractivity contribution < 1.29 is 18.7 Å². The Morgan fingerprint density at radius 3 is 2.48 bits per heavy atom. The van der Waals surface area contributed by atoms with Gasteiger partial charge in [-0.3, -0.25) is 14.5 Å². The molecule has 3 aromatic carbocycles. The van der Waals surface area contributed by atoms with Crippen molar-refractivity contribution >= 4 is 23.6 Å². The molecule has 4 rings (SSSR count). The summed E-state index contributed by atoms with van der Waals surface area (Å²) in [4.78, 5) is 27.1. The number of anilines is 1. The van der Waals surface area contributed by atoms with Crippen molar-refractivity contribution in [3.05, 3.63) is 101 Å². The van der Waals surface area contributed by atoms with Gasteiger partial charge in [0.1, 0.15) is 5.82 Å². The van der Waals surface area contributed by atoms with Gasteiger partial charge in [0.2, 0.25) is 0 Å². The number of amides is 2. The lowest BCUT2D eigenvalue weighted by Gasteiger charge is -2.30. The number of ether oxygens (including phenoxy) is 1. The predicted molar refractivity (Wildman–Crippen MR) is 126 cm³/mol. The van der Waals surface area contributed by atoms with Gasteiger partial charge < -0.3 is 10.1 Å². The second-order valence-corrected chi connectivity index (χ2v) is 7.97. The molecule has 0 saturated heterocycles. The summed E-state index contributed by atoms with van der Waals surface area (Å²) < 4.78 is 20.2. The Labute approximate surface area is 192 Å². The minimum Gasteiger partial charge on any atom is -0.449 e. The molecule has 2 amide bonds. The van der Waals surface area contributed by atoms with Crippen molar-refractivity contribution in [2.45, 2.75) is 32.9 Å². The maximum Gasteiger partial charge on any atom is 0.294 e. The van der Waals surface area contributed by atoms with Crippen LogP contribution in [0.1, 0.15) is 41.8 Å². The topological polar surface area (TPSA) is 58.6 Å². The fourth-order valence-electron chi connectivity index (χ4n) is 3.51. The second-order valence-electron chi connectivity index (χ2n) is 7.97. The van der Waals surface area contributed by atoms with Crippen LogP contribution >= 0.6 is 0 Å². The zero-order valence-electron chi connectivity index (χ0n) is 18.5. The molecule has 0 fully saturated rings. The Morgan fingerprint density at radius 1 is 1.06 bits per heavy atom. The van der Waals surface area contributed by atoms with Crippen LogP contribution in [0.4, 0.5) is 10.1 Å². The molecular formula is C27H25FN2O3. The highest BCUT2D eigenvalue weighted by molar-refractivity contribution is 6.09. The van der Waals surface area contributed by atoms with Gasteiger partial charge in [-0.15, -0.1) is 0 Å².